The van der Waals surface area contributed by atoms with E-state index in [9.17, 15) is 9.59 Å². The maximum Gasteiger partial charge on any atom is 0.255 e. The number of hydrogen-bond acceptors (Lipinski definition) is 4. The van der Waals surface area contributed by atoms with Gasteiger partial charge in [0, 0.05) is 23.2 Å². The molecular weight excluding hydrogens is 342 g/mol. The van der Waals surface area contributed by atoms with E-state index in [0.717, 1.165) is 24.1 Å². The summed E-state index contributed by atoms with van der Waals surface area (Å²) in [4.78, 5) is 28.8. The Hall–Kier alpha value is -3.48. The molecule has 0 saturated heterocycles. The van der Waals surface area contributed by atoms with Crippen LogP contribution in [0.2, 0.25) is 0 Å². The van der Waals surface area contributed by atoms with E-state index in [0.29, 0.717) is 22.8 Å². The van der Waals surface area contributed by atoms with Crippen molar-refractivity contribution < 1.29 is 9.59 Å². The lowest BCUT2D eigenvalue weighted by molar-refractivity contribution is -0.117. The number of amides is 2. The first-order valence-electron chi connectivity index (χ1n) is 8.80. The molecule has 136 valence electrons. The summed E-state index contributed by atoms with van der Waals surface area (Å²) in [5.74, 6) is 0.121. The largest absolute Gasteiger partial charge is 0.319 e. The predicted octanol–water partition coefficient (Wildman–Crippen LogP) is 3.38. The van der Waals surface area contributed by atoms with E-state index in [-0.39, 0.29) is 17.7 Å². The van der Waals surface area contributed by atoms with Crippen LogP contribution in [-0.4, -0.2) is 27.0 Å². The van der Waals surface area contributed by atoms with Crippen molar-refractivity contribution in [2.75, 3.05) is 10.6 Å². The molecule has 0 atom stereocenters. The molecule has 0 aliphatic heterocycles. The van der Waals surface area contributed by atoms with Crippen LogP contribution in [0.15, 0.2) is 48.7 Å². The Kier molecular flexibility index (Phi) is 4.42. The van der Waals surface area contributed by atoms with Gasteiger partial charge < -0.3 is 10.6 Å². The van der Waals surface area contributed by atoms with Gasteiger partial charge in [-0.2, -0.15) is 5.10 Å². The fourth-order valence-electron chi connectivity index (χ4n) is 2.79. The molecular formula is C20H19N5O2. The second kappa shape index (κ2) is 7.03. The molecule has 27 heavy (non-hydrogen) atoms. The first kappa shape index (κ1) is 17.0. The molecule has 3 N–H and O–H groups in total. The Morgan fingerprint density at radius 2 is 1.89 bits per heavy atom. The second-order valence-corrected chi connectivity index (χ2v) is 6.59. The molecule has 3 aromatic rings. The summed E-state index contributed by atoms with van der Waals surface area (Å²) in [6.07, 6.45) is 3.33. The molecule has 0 bridgehead atoms. The number of nitrogens with one attached hydrogen (secondary N) is 3. The highest BCUT2D eigenvalue weighted by molar-refractivity contribution is 6.07. The van der Waals surface area contributed by atoms with Gasteiger partial charge >= 0.3 is 0 Å². The summed E-state index contributed by atoms with van der Waals surface area (Å²) in [5.41, 5.74) is 3.39. The Balaban J connectivity index is 1.55. The zero-order valence-corrected chi connectivity index (χ0v) is 14.8. The van der Waals surface area contributed by atoms with Crippen molar-refractivity contribution in [3.8, 4) is 11.3 Å². The van der Waals surface area contributed by atoms with Crippen LogP contribution in [0.5, 0.6) is 0 Å². The quantitative estimate of drug-likeness (QED) is 0.648. The molecule has 0 unspecified atom stereocenters. The number of rotatable bonds is 5. The first-order valence-corrected chi connectivity index (χ1v) is 8.80. The third kappa shape index (κ3) is 3.72. The van der Waals surface area contributed by atoms with E-state index >= 15 is 0 Å². The molecule has 1 fully saturated rings. The molecule has 7 heteroatoms. The summed E-state index contributed by atoms with van der Waals surface area (Å²) in [7, 11) is 0. The van der Waals surface area contributed by atoms with E-state index in [1.807, 2.05) is 37.3 Å². The van der Waals surface area contributed by atoms with Gasteiger partial charge in [0.25, 0.3) is 5.91 Å². The summed E-state index contributed by atoms with van der Waals surface area (Å²) in [5, 5.41) is 12.9. The molecule has 0 spiro atoms. The zero-order chi connectivity index (χ0) is 18.8. The molecule has 1 aliphatic rings. The number of aryl methyl sites for hydroxylation is 1. The molecule has 2 amide bonds. The highest BCUT2D eigenvalue weighted by Crippen LogP contribution is 2.30. The van der Waals surface area contributed by atoms with Crippen molar-refractivity contribution in [3.05, 3.63) is 59.9 Å². The van der Waals surface area contributed by atoms with Gasteiger partial charge in [0.2, 0.25) is 5.91 Å². The summed E-state index contributed by atoms with van der Waals surface area (Å²) in [6.45, 7) is 1.85. The van der Waals surface area contributed by atoms with Gasteiger partial charge in [0.15, 0.2) is 0 Å². The number of benzene rings is 1. The Morgan fingerprint density at radius 1 is 1.11 bits per heavy atom. The highest BCUT2D eigenvalue weighted by atomic mass is 16.2. The Bertz CT molecular complexity index is 993. The van der Waals surface area contributed by atoms with Crippen molar-refractivity contribution in [3.63, 3.8) is 0 Å². The molecule has 1 aromatic carbocycles. The van der Waals surface area contributed by atoms with Gasteiger partial charge in [-0.3, -0.25) is 14.7 Å². The lowest BCUT2D eigenvalue weighted by Gasteiger charge is -2.09. The number of carbonyl (C=O) groups is 2. The topological polar surface area (TPSA) is 99.8 Å². The molecule has 2 heterocycles. The normalized spacial score (nSPS) is 13.2. The van der Waals surface area contributed by atoms with Crippen LogP contribution in [0.3, 0.4) is 0 Å². The van der Waals surface area contributed by atoms with Crippen LogP contribution in [0, 0.1) is 12.8 Å². The van der Waals surface area contributed by atoms with Crippen molar-refractivity contribution >= 4 is 23.3 Å². The van der Waals surface area contributed by atoms with Gasteiger partial charge in [0.1, 0.15) is 11.5 Å². The minimum atomic E-state index is -0.291. The summed E-state index contributed by atoms with van der Waals surface area (Å²) in [6, 6.07) is 12.8. The number of carbonyl (C=O) groups excluding carboxylic acids is 2. The minimum Gasteiger partial charge on any atom is -0.319 e. The van der Waals surface area contributed by atoms with Gasteiger partial charge in [-0.05, 0) is 31.9 Å². The molecule has 0 radical (unpaired) electrons. The monoisotopic (exact) mass is 361 g/mol. The number of anilines is 2. The van der Waals surface area contributed by atoms with Gasteiger partial charge in [0.05, 0.1) is 11.4 Å². The van der Waals surface area contributed by atoms with Crippen molar-refractivity contribution in [2.45, 2.75) is 19.8 Å². The maximum absolute atomic E-state index is 12.7. The average molecular weight is 361 g/mol. The third-order valence-electron chi connectivity index (χ3n) is 4.45. The van der Waals surface area contributed by atoms with Crippen LogP contribution >= 0.6 is 0 Å². The second-order valence-electron chi connectivity index (χ2n) is 6.59. The minimum absolute atomic E-state index is 0.0444. The fraction of sp³-hybridized carbons (Fsp3) is 0.200. The summed E-state index contributed by atoms with van der Waals surface area (Å²) < 4.78 is 0. The fourth-order valence-corrected chi connectivity index (χ4v) is 2.79. The number of H-pyrrole nitrogens is 1. The predicted molar refractivity (Wildman–Crippen MR) is 102 cm³/mol. The number of aromatic nitrogens is 3. The van der Waals surface area contributed by atoms with Gasteiger partial charge in [-0.1, -0.05) is 30.3 Å². The standard InChI is InChI=1S/C20H19N5O2/c1-12-17(18(25-24-12)13-5-3-2-4-6-13)23-20(27)15-9-10-21-16(11-15)22-19(26)14-7-8-14/h2-6,9-11,14H,7-8H2,1H3,(H,23,27)(H,24,25)(H,21,22,26). The van der Waals surface area contributed by atoms with Crippen molar-refractivity contribution in [1.82, 2.24) is 15.2 Å². The smallest absolute Gasteiger partial charge is 0.255 e. The lowest BCUT2D eigenvalue weighted by Crippen LogP contribution is -2.16. The molecule has 4 rings (SSSR count). The van der Waals surface area contributed by atoms with Crippen LogP contribution < -0.4 is 10.6 Å². The summed E-state index contributed by atoms with van der Waals surface area (Å²) >= 11 is 0. The molecule has 1 saturated carbocycles. The number of hydrogen-bond donors (Lipinski definition) is 3. The van der Waals surface area contributed by atoms with Gasteiger partial charge in [-0.25, -0.2) is 4.98 Å². The van der Waals surface area contributed by atoms with Crippen molar-refractivity contribution in [1.29, 1.82) is 0 Å². The average Bonchev–Trinajstić information content (AvgIpc) is 3.48. The Morgan fingerprint density at radius 3 is 2.63 bits per heavy atom. The highest BCUT2D eigenvalue weighted by Gasteiger charge is 2.29. The molecule has 1 aliphatic carbocycles. The van der Waals surface area contributed by atoms with Crippen molar-refractivity contribution in [2.24, 2.45) is 5.92 Å². The third-order valence-corrected chi connectivity index (χ3v) is 4.45. The Labute approximate surface area is 156 Å². The molecule has 2 aromatic heterocycles. The first-order chi connectivity index (χ1) is 13.1. The number of aromatic amines is 1. The number of nitrogens with zero attached hydrogens (tertiary/aromatic N) is 2. The van der Waals surface area contributed by atoms with Crippen LogP contribution in [0.25, 0.3) is 11.3 Å². The number of pyridine rings is 1. The van der Waals surface area contributed by atoms with E-state index in [1.54, 1.807) is 12.1 Å². The van der Waals surface area contributed by atoms with Crippen LogP contribution in [0.1, 0.15) is 28.9 Å². The SMILES string of the molecule is Cc1[nH]nc(-c2ccccc2)c1NC(=O)c1ccnc(NC(=O)C2CC2)c1. The molecule has 7 nitrogen and oxygen atoms in total. The zero-order valence-electron chi connectivity index (χ0n) is 14.8. The maximum atomic E-state index is 12.7. The van der Waals surface area contributed by atoms with E-state index in [2.05, 4.69) is 25.8 Å². The van der Waals surface area contributed by atoms with E-state index < -0.39 is 0 Å². The van der Waals surface area contributed by atoms with Crippen LogP contribution in [0.4, 0.5) is 11.5 Å². The lowest BCUT2D eigenvalue weighted by atomic mass is 10.1. The van der Waals surface area contributed by atoms with E-state index in [4.69, 9.17) is 0 Å². The van der Waals surface area contributed by atoms with Gasteiger partial charge in [-0.15, -0.1) is 0 Å². The van der Waals surface area contributed by atoms with E-state index in [1.165, 1.54) is 6.20 Å². The van der Waals surface area contributed by atoms with Crippen LogP contribution in [-0.2, 0) is 4.79 Å².